The van der Waals surface area contributed by atoms with Crippen molar-refractivity contribution in [2.75, 3.05) is 6.54 Å². The summed E-state index contributed by atoms with van der Waals surface area (Å²) < 4.78 is 3.01. The molecule has 0 amide bonds. The molecule has 0 aromatic carbocycles. The molecule has 0 unspecified atom stereocenters. The Balaban J connectivity index is 1.85. The van der Waals surface area contributed by atoms with Crippen molar-refractivity contribution < 1.29 is 0 Å². The van der Waals surface area contributed by atoms with Crippen LogP contribution in [0.1, 0.15) is 25.6 Å². The first-order valence-corrected chi connectivity index (χ1v) is 8.92. The minimum atomic E-state index is 0.116. The van der Waals surface area contributed by atoms with Crippen LogP contribution in [0.25, 0.3) is 0 Å². The first-order chi connectivity index (χ1) is 9.44. The van der Waals surface area contributed by atoms with E-state index in [0.29, 0.717) is 0 Å². The Morgan fingerprint density at radius 1 is 1.40 bits per heavy atom. The second-order valence-electron chi connectivity index (χ2n) is 5.36. The van der Waals surface area contributed by atoms with E-state index in [2.05, 4.69) is 69.7 Å². The Morgan fingerprint density at radius 2 is 2.20 bits per heavy atom. The average Bonchev–Trinajstić information content (AvgIpc) is 2.94. The fraction of sp³-hybridized carbons (Fsp3) is 0.583. The molecule has 0 bridgehead atoms. The minimum Gasteiger partial charge on any atom is -0.310 e. The number of thiophene rings is 1. The molecular weight excluding hydrogens is 358 g/mol. The first kappa shape index (κ1) is 15.9. The summed E-state index contributed by atoms with van der Waals surface area (Å²) in [7, 11) is 0. The number of hydrogen-bond acceptors (Lipinski definition) is 6. The molecule has 2 heterocycles. The Morgan fingerprint density at radius 3 is 2.85 bits per heavy atom. The van der Waals surface area contributed by atoms with Crippen molar-refractivity contribution in [3.63, 3.8) is 0 Å². The van der Waals surface area contributed by atoms with E-state index < -0.39 is 0 Å². The van der Waals surface area contributed by atoms with Crippen LogP contribution in [-0.4, -0.2) is 32.3 Å². The monoisotopic (exact) mass is 375 g/mol. The second kappa shape index (κ2) is 7.02. The van der Waals surface area contributed by atoms with Crippen molar-refractivity contribution in [2.24, 2.45) is 0 Å². The van der Waals surface area contributed by atoms with Crippen LogP contribution in [0.3, 0.4) is 0 Å². The minimum absolute atomic E-state index is 0.116. The maximum absolute atomic E-state index is 4.08. The summed E-state index contributed by atoms with van der Waals surface area (Å²) in [6.45, 7) is 8.08. The Kier molecular flexibility index (Phi) is 5.59. The molecular formula is C12H18BrN5S2. The molecule has 5 nitrogen and oxygen atoms in total. The third kappa shape index (κ3) is 5.16. The molecule has 1 N–H and O–H groups in total. The molecule has 0 saturated heterocycles. The predicted octanol–water partition coefficient (Wildman–Crippen LogP) is 3.18. The van der Waals surface area contributed by atoms with Crippen molar-refractivity contribution >= 4 is 39.0 Å². The van der Waals surface area contributed by atoms with Crippen molar-refractivity contribution in [3.05, 3.63) is 20.8 Å². The Hall–Kier alpha value is -0.440. The van der Waals surface area contributed by atoms with Gasteiger partial charge in [-0.05, 0) is 59.3 Å². The summed E-state index contributed by atoms with van der Waals surface area (Å²) in [6, 6.07) is 4.19. The molecule has 20 heavy (non-hydrogen) atoms. The molecule has 2 rings (SSSR count). The van der Waals surface area contributed by atoms with Gasteiger partial charge in [-0.1, -0.05) is 11.8 Å². The van der Waals surface area contributed by atoms with E-state index in [9.17, 15) is 0 Å². The van der Waals surface area contributed by atoms with Crippen LogP contribution < -0.4 is 5.32 Å². The average molecular weight is 376 g/mol. The smallest absolute Gasteiger partial charge is 0.209 e. The van der Waals surface area contributed by atoms with Crippen LogP contribution in [0.5, 0.6) is 0 Å². The van der Waals surface area contributed by atoms with Crippen molar-refractivity contribution in [3.8, 4) is 0 Å². The highest BCUT2D eigenvalue weighted by molar-refractivity contribution is 9.11. The number of tetrazole rings is 1. The van der Waals surface area contributed by atoms with Gasteiger partial charge in [0.2, 0.25) is 5.16 Å². The summed E-state index contributed by atoms with van der Waals surface area (Å²) in [6.07, 6.45) is 0. The normalized spacial score (nSPS) is 12.0. The van der Waals surface area contributed by atoms with Gasteiger partial charge in [0, 0.05) is 22.7 Å². The number of hydrogen-bond donors (Lipinski definition) is 1. The topological polar surface area (TPSA) is 55.6 Å². The van der Waals surface area contributed by atoms with Crippen LogP contribution in [0.4, 0.5) is 0 Å². The molecule has 0 aliphatic rings. The predicted molar refractivity (Wildman–Crippen MR) is 87.2 cm³/mol. The van der Waals surface area contributed by atoms with Gasteiger partial charge in [0.05, 0.1) is 10.3 Å². The largest absolute Gasteiger partial charge is 0.310 e. The van der Waals surface area contributed by atoms with E-state index in [1.807, 2.05) is 4.68 Å². The van der Waals surface area contributed by atoms with Gasteiger partial charge in [-0.25, -0.2) is 4.68 Å². The SMILES string of the molecule is CC(C)(C)NCCn1nnnc1SCc1ccc(Br)s1. The molecule has 0 spiro atoms. The van der Waals surface area contributed by atoms with Gasteiger partial charge in [0.25, 0.3) is 0 Å². The molecule has 0 fully saturated rings. The second-order valence-corrected chi connectivity index (χ2v) is 8.85. The van der Waals surface area contributed by atoms with Crippen LogP contribution in [-0.2, 0) is 12.3 Å². The van der Waals surface area contributed by atoms with Gasteiger partial charge in [0.1, 0.15) is 0 Å². The first-order valence-electron chi connectivity index (χ1n) is 6.32. The van der Waals surface area contributed by atoms with E-state index in [0.717, 1.165) is 27.8 Å². The van der Waals surface area contributed by atoms with Crippen LogP contribution in [0.15, 0.2) is 21.1 Å². The fourth-order valence-corrected chi connectivity index (χ4v) is 3.97. The highest BCUT2D eigenvalue weighted by atomic mass is 79.9. The van der Waals surface area contributed by atoms with Gasteiger partial charge in [0.15, 0.2) is 0 Å². The van der Waals surface area contributed by atoms with E-state index >= 15 is 0 Å². The number of rotatable bonds is 6. The molecule has 0 atom stereocenters. The molecule has 8 heteroatoms. The van der Waals surface area contributed by atoms with Crippen molar-refractivity contribution in [1.82, 2.24) is 25.5 Å². The Labute approximate surface area is 135 Å². The van der Waals surface area contributed by atoms with Crippen LogP contribution >= 0.6 is 39.0 Å². The summed E-state index contributed by atoms with van der Waals surface area (Å²) in [5.74, 6) is 0.892. The maximum Gasteiger partial charge on any atom is 0.209 e. The molecule has 0 radical (unpaired) electrons. The molecule has 0 aliphatic heterocycles. The van der Waals surface area contributed by atoms with Crippen LogP contribution in [0, 0.1) is 0 Å². The van der Waals surface area contributed by atoms with E-state index in [1.54, 1.807) is 23.1 Å². The summed E-state index contributed by atoms with van der Waals surface area (Å²) in [5, 5.41) is 16.2. The zero-order chi connectivity index (χ0) is 14.6. The number of nitrogens with one attached hydrogen (secondary N) is 1. The molecule has 2 aromatic rings. The maximum atomic E-state index is 4.08. The lowest BCUT2D eigenvalue weighted by Gasteiger charge is -2.20. The van der Waals surface area contributed by atoms with Crippen molar-refractivity contribution in [1.29, 1.82) is 0 Å². The standard InChI is InChI=1S/C12H18BrN5S2/c1-12(2,3)14-6-7-18-11(15-16-17-18)19-8-9-4-5-10(13)20-9/h4-5,14H,6-8H2,1-3H3. The van der Waals surface area contributed by atoms with Gasteiger partial charge in [-0.3, -0.25) is 0 Å². The van der Waals surface area contributed by atoms with Gasteiger partial charge in [-0.2, -0.15) is 0 Å². The third-order valence-electron chi connectivity index (χ3n) is 2.45. The van der Waals surface area contributed by atoms with E-state index in [1.165, 1.54) is 4.88 Å². The Bertz CT molecular complexity index is 546. The fourth-order valence-electron chi connectivity index (χ4n) is 1.54. The number of halogens is 1. The quantitative estimate of drug-likeness (QED) is 0.785. The lowest BCUT2D eigenvalue weighted by molar-refractivity contribution is 0.396. The van der Waals surface area contributed by atoms with Gasteiger partial charge in [-0.15, -0.1) is 16.4 Å². The number of nitrogens with zero attached hydrogens (tertiary/aromatic N) is 4. The highest BCUT2D eigenvalue weighted by Gasteiger charge is 2.11. The molecule has 2 aromatic heterocycles. The highest BCUT2D eigenvalue weighted by Crippen LogP contribution is 2.27. The van der Waals surface area contributed by atoms with E-state index in [4.69, 9.17) is 0 Å². The van der Waals surface area contributed by atoms with Crippen LogP contribution in [0.2, 0.25) is 0 Å². The zero-order valence-electron chi connectivity index (χ0n) is 11.8. The summed E-state index contributed by atoms with van der Waals surface area (Å²) >= 11 is 6.88. The lowest BCUT2D eigenvalue weighted by Crippen LogP contribution is -2.38. The number of thioether (sulfide) groups is 1. The number of aromatic nitrogens is 4. The van der Waals surface area contributed by atoms with Gasteiger partial charge >= 0.3 is 0 Å². The molecule has 0 saturated carbocycles. The summed E-state index contributed by atoms with van der Waals surface area (Å²) in [4.78, 5) is 1.31. The molecule has 0 aliphatic carbocycles. The summed E-state index contributed by atoms with van der Waals surface area (Å²) in [5.41, 5.74) is 0.116. The van der Waals surface area contributed by atoms with Crippen molar-refractivity contribution in [2.45, 2.75) is 43.8 Å². The lowest BCUT2D eigenvalue weighted by atomic mass is 10.1. The third-order valence-corrected chi connectivity index (χ3v) is 5.26. The van der Waals surface area contributed by atoms with E-state index in [-0.39, 0.29) is 5.54 Å². The molecule has 110 valence electrons. The zero-order valence-corrected chi connectivity index (χ0v) is 15.0. The van der Waals surface area contributed by atoms with Gasteiger partial charge < -0.3 is 5.32 Å².